The monoisotopic (exact) mass is 499 g/mol. The third-order valence-corrected chi connectivity index (χ3v) is 6.93. The summed E-state index contributed by atoms with van der Waals surface area (Å²) in [5, 5.41) is 15.3. The number of hydrogen-bond acceptors (Lipinski definition) is 4. The highest BCUT2D eigenvalue weighted by atomic mass is 35.5. The van der Waals surface area contributed by atoms with Gasteiger partial charge >= 0.3 is 18.1 Å². The number of carboxylic acids is 1. The first-order valence-electron chi connectivity index (χ1n) is 11.9. The van der Waals surface area contributed by atoms with Crippen molar-refractivity contribution in [3.05, 3.63) is 58.1 Å². The molecule has 3 amide bonds. The van der Waals surface area contributed by atoms with E-state index in [1.54, 1.807) is 23.1 Å². The van der Waals surface area contributed by atoms with Crippen LogP contribution in [0.4, 0.5) is 21.0 Å². The van der Waals surface area contributed by atoms with Crippen LogP contribution in [-0.4, -0.2) is 40.7 Å². The van der Waals surface area contributed by atoms with Gasteiger partial charge in [0.15, 0.2) is 0 Å². The van der Waals surface area contributed by atoms with Gasteiger partial charge in [-0.25, -0.2) is 9.59 Å². The van der Waals surface area contributed by atoms with E-state index in [4.69, 9.17) is 21.4 Å². The van der Waals surface area contributed by atoms with Crippen LogP contribution in [0.3, 0.4) is 0 Å². The number of urea groups is 1. The molecule has 0 radical (unpaired) electrons. The molecular formula is C26H30ClN3O5. The molecule has 186 valence electrons. The van der Waals surface area contributed by atoms with Crippen LogP contribution in [-0.2, 0) is 22.5 Å². The molecule has 8 nitrogen and oxygen atoms in total. The van der Waals surface area contributed by atoms with Crippen LogP contribution in [0.1, 0.15) is 48.8 Å². The summed E-state index contributed by atoms with van der Waals surface area (Å²) in [6, 6.07) is 10.6. The molecule has 1 saturated carbocycles. The second-order valence-electron chi connectivity index (χ2n) is 9.32. The first kappa shape index (κ1) is 24.9. The number of benzene rings is 2. The minimum Gasteiger partial charge on any atom is -0.481 e. The lowest BCUT2D eigenvalue weighted by Crippen LogP contribution is -2.39. The number of fused-ring (bicyclic) bond motifs is 1. The summed E-state index contributed by atoms with van der Waals surface area (Å²) in [7, 11) is 0. The molecule has 3 N–H and O–H groups in total. The van der Waals surface area contributed by atoms with Crippen LogP contribution in [0, 0.1) is 12.8 Å². The van der Waals surface area contributed by atoms with Crippen molar-refractivity contribution in [3.63, 3.8) is 0 Å². The molecule has 2 aliphatic rings. The fourth-order valence-corrected chi connectivity index (χ4v) is 4.98. The molecule has 1 fully saturated rings. The molecule has 0 bridgehead atoms. The molecule has 2 aromatic carbocycles. The third kappa shape index (κ3) is 6.66. The molecule has 1 heterocycles. The number of carbonyl (C=O) groups is 3. The van der Waals surface area contributed by atoms with E-state index >= 15 is 0 Å². The maximum atomic E-state index is 12.7. The zero-order chi connectivity index (χ0) is 24.9. The summed E-state index contributed by atoms with van der Waals surface area (Å²) >= 11 is 5.97. The quantitative estimate of drug-likeness (QED) is 0.480. The molecule has 0 spiro atoms. The average molecular weight is 500 g/mol. The predicted molar refractivity (Wildman–Crippen MR) is 134 cm³/mol. The van der Waals surface area contributed by atoms with E-state index in [0.29, 0.717) is 48.7 Å². The molecule has 0 aromatic heterocycles. The van der Waals surface area contributed by atoms with Gasteiger partial charge in [0.1, 0.15) is 6.10 Å². The molecule has 9 heteroatoms. The highest BCUT2D eigenvalue weighted by molar-refractivity contribution is 6.30. The van der Waals surface area contributed by atoms with E-state index in [9.17, 15) is 14.4 Å². The largest absolute Gasteiger partial charge is 0.481 e. The van der Waals surface area contributed by atoms with Crippen molar-refractivity contribution in [1.29, 1.82) is 0 Å². The number of carboxylic acid groups (broad SMARTS) is 1. The summed E-state index contributed by atoms with van der Waals surface area (Å²) in [5.74, 6) is -0.600. The van der Waals surface area contributed by atoms with Gasteiger partial charge < -0.3 is 25.4 Å². The Kier molecular flexibility index (Phi) is 7.80. The third-order valence-electron chi connectivity index (χ3n) is 6.70. The lowest BCUT2D eigenvalue weighted by atomic mass is 9.85. The second-order valence-corrected chi connectivity index (χ2v) is 9.75. The molecule has 0 atom stereocenters. The minimum absolute atomic E-state index is 0.150. The number of aliphatic carboxylic acids is 1. The van der Waals surface area contributed by atoms with Crippen molar-refractivity contribution in [1.82, 2.24) is 4.90 Å². The van der Waals surface area contributed by atoms with E-state index in [1.165, 1.54) is 0 Å². The van der Waals surface area contributed by atoms with Gasteiger partial charge in [0, 0.05) is 35.9 Å². The number of aryl methyl sites for hydroxylation is 1. The fourth-order valence-electron chi connectivity index (χ4n) is 4.76. The standard InChI is InChI=1S/C26H30ClN3O5/c1-16-12-20(27)5-9-23(16)29-25(33)28-21-6-4-19-15-30(11-10-18(19)14-21)26(34)35-22-7-2-17(3-8-22)13-24(31)32/h4-6,9,12,14,17,22H,2-3,7-8,10-11,13,15H2,1H3,(H,31,32)(H2,28,29,33). The number of ether oxygens (including phenoxy) is 1. The van der Waals surface area contributed by atoms with E-state index in [1.807, 2.05) is 25.1 Å². The van der Waals surface area contributed by atoms with Crippen molar-refractivity contribution in [2.45, 2.75) is 58.1 Å². The molecule has 1 aliphatic heterocycles. The lowest BCUT2D eigenvalue weighted by Gasteiger charge is -2.32. The van der Waals surface area contributed by atoms with Crippen molar-refractivity contribution in [2.24, 2.45) is 5.92 Å². The van der Waals surface area contributed by atoms with Crippen LogP contribution in [0.5, 0.6) is 0 Å². The maximum Gasteiger partial charge on any atom is 0.410 e. The Balaban J connectivity index is 1.28. The van der Waals surface area contributed by atoms with E-state index in [0.717, 1.165) is 29.5 Å². The number of rotatable bonds is 5. The Morgan fingerprint density at radius 3 is 2.54 bits per heavy atom. The Bertz CT molecular complexity index is 1110. The van der Waals surface area contributed by atoms with Gasteiger partial charge in [-0.05, 0) is 92.0 Å². The van der Waals surface area contributed by atoms with Crippen molar-refractivity contribution >= 4 is 41.1 Å². The highest BCUT2D eigenvalue weighted by Gasteiger charge is 2.28. The first-order valence-corrected chi connectivity index (χ1v) is 12.3. The summed E-state index contributed by atoms with van der Waals surface area (Å²) in [6.45, 7) is 2.88. The summed E-state index contributed by atoms with van der Waals surface area (Å²) in [4.78, 5) is 37.7. The molecule has 4 rings (SSSR count). The number of carbonyl (C=O) groups excluding carboxylic acids is 2. The number of nitrogens with zero attached hydrogens (tertiary/aromatic N) is 1. The molecule has 0 saturated heterocycles. The average Bonchev–Trinajstić information content (AvgIpc) is 2.81. The molecule has 2 aromatic rings. The zero-order valence-electron chi connectivity index (χ0n) is 19.7. The number of amides is 3. The van der Waals surface area contributed by atoms with E-state index < -0.39 is 5.97 Å². The first-order chi connectivity index (χ1) is 16.8. The zero-order valence-corrected chi connectivity index (χ0v) is 20.4. The van der Waals surface area contributed by atoms with Gasteiger partial charge in [-0.1, -0.05) is 17.7 Å². The topological polar surface area (TPSA) is 108 Å². The number of nitrogens with one attached hydrogen (secondary N) is 2. The number of halogens is 1. The highest BCUT2D eigenvalue weighted by Crippen LogP contribution is 2.30. The lowest BCUT2D eigenvalue weighted by molar-refractivity contribution is -0.138. The predicted octanol–water partition coefficient (Wildman–Crippen LogP) is 5.82. The van der Waals surface area contributed by atoms with Crippen LogP contribution in [0.2, 0.25) is 5.02 Å². The smallest absolute Gasteiger partial charge is 0.410 e. The van der Waals surface area contributed by atoms with Crippen LogP contribution in [0.25, 0.3) is 0 Å². The number of hydrogen-bond donors (Lipinski definition) is 3. The fraction of sp³-hybridized carbons (Fsp3) is 0.423. The van der Waals surface area contributed by atoms with Gasteiger partial charge in [0.05, 0.1) is 0 Å². The minimum atomic E-state index is -0.770. The van der Waals surface area contributed by atoms with Crippen LogP contribution in [0.15, 0.2) is 36.4 Å². The normalized spacial score (nSPS) is 19.4. The van der Waals surface area contributed by atoms with Gasteiger partial charge in [-0.15, -0.1) is 0 Å². The molecule has 1 aliphatic carbocycles. The second kappa shape index (κ2) is 11.0. The Hall–Kier alpha value is -3.26. The molecule has 35 heavy (non-hydrogen) atoms. The SMILES string of the molecule is Cc1cc(Cl)ccc1NC(=O)Nc1ccc2c(c1)CCN(C(=O)OC1CCC(CC(=O)O)CC1)C2. The van der Waals surface area contributed by atoms with Gasteiger partial charge in [-0.3, -0.25) is 4.79 Å². The van der Waals surface area contributed by atoms with Gasteiger partial charge in [-0.2, -0.15) is 0 Å². The Morgan fingerprint density at radius 2 is 1.83 bits per heavy atom. The Morgan fingerprint density at radius 1 is 1.06 bits per heavy atom. The summed E-state index contributed by atoms with van der Waals surface area (Å²) in [6.07, 6.45) is 3.34. The van der Waals surface area contributed by atoms with Crippen molar-refractivity contribution < 1.29 is 24.2 Å². The molecule has 0 unspecified atom stereocenters. The van der Waals surface area contributed by atoms with Crippen molar-refractivity contribution in [2.75, 3.05) is 17.2 Å². The van der Waals surface area contributed by atoms with E-state index in [-0.39, 0.29) is 30.6 Å². The van der Waals surface area contributed by atoms with Crippen LogP contribution >= 0.6 is 11.6 Å². The van der Waals surface area contributed by atoms with Gasteiger partial charge in [0.25, 0.3) is 0 Å². The summed E-state index contributed by atoms with van der Waals surface area (Å²) < 4.78 is 5.72. The molecular weight excluding hydrogens is 470 g/mol. The van der Waals surface area contributed by atoms with Crippen molar-refractivity contribution in [3.8, 4) is 0 Å². The Labute approximate surface area is 209 Å². The summed E-state index contributed by atoms with van der Waals surface area (Å²) in [5.41, 5.74) is 4.36. The van der Waals surface area contributed by atoms with E-state index in [2.05, 4.69) is 10.6 Å². The van der Waals surface area contributed by atoms with Crippen LogP contribution < -0.4 is 10.6 Å². The number of anilines is 2. The maximum absolute atomic E-state index is 12.7. The van der Waals surface area contributed by atoms with Gasteiger partial charge in [0.2, 0.25) is 0 Å².